The van der Waals surface area contributed by atoms with E-state index in [4.69, 9.17) is 11.6 Å². The average molecular weight is 596 g/mol. The predicted molar refractivity (Wildman–Crippen MR) is 127 cm³/mol. The van der Waals surface area contributed by atoms with E-state index in [1.165, 1.54) is 30.3 Å². The first-order valence-corrected chi connectivity index (χ1v) is 11.5. The van der Waals surface area contributed by atoms with Crippen LogP contribution in [0.4, 0.5) is 31.1 Å². The van der Waals surface area contributed by atoms with E-state index in [1.807, 2.05) is 5.43 Å². The Morgan fingerprint density at radius 2 is 1.68 bits per heavy atom. The van der Waals surface area contributed by atoms with Gasteiger partial charge in [-0.3, -0.25) is 14.8 Å². The van der Waals surface area contributed by atoms with Gasteiger partial charge in [-0.2, -0.15) is 26.3 Å². The van der Waals surface area contributed by atoms with Crippen molar-refractivity contribution in [2.75, 3.05) is 0 Å². The molecule has 10 nitrogen and oxygen atoms in total. The molecule has 0 fully saturated rings. The molecule has 0 bridgehead atoms. The number of carbonyl (C=O) groups is 2. The molecule has 1 unspecified atom stereocenters. The Labute approximate surface area is 226 Å². The number of nitrogens with one attached hydrogen (secondary N) is 1. The largest absolute Gasteiger partial charge is 0.464 e. The number of hydrogen-bond donors (Lipinski definition) is 3. The molecule has 40 heavy (non-hydrogen) atoms. The van der Waals surface area contributed by atoms with Crippen LogP contribution >= 0.6 is 11.6 Å². The number of amides is 2. The Kier molecular flexibility index (Phi) is 8.84. The summed E-state index contributed by atoms with van der Waals surface area (Å²) in [5.74, 6) is -1.62. The van der Waals surface area contributed by atoms with Gasteiger partial charge in [0.25, 0.3) is 5.91 Å². The van der Waals surface area contributed by atoms with Crippen LogP contribution in [-0.2, 0) is 24.1 Å². The highest BCUT2D eigenvalue weighted by atomic mass is 35.5. The Hall–Kier alpha value is -4.05. The fraction of sp³-hybridized carbons (Fsp3) is 0.304. The Morgan fingerprint density at radius 3 is 2.23 bits per heavy atom. The van der Waals surface area contributed by atoms with Crippen molar-refractivity contribution >= 4 is 23.6 Å². The molecule has 3 rings (SSSR count). The molecule has 1 heterocycles. The van der Waals surface area contributed by atoms with Gasteiger partial charge >= 0.3 is 24.1 Å². The summed E-state index contributed by atoms with van der Waals surface area (Å²) < 4.78 is 80.2. The third kappa shape index (κ3) is 6.93. The van der Waals surface area contributed by atoms with E-state index in [-0.39, 0.29) is 21.4 Å². The molecule has 3 aromatic rings. The summed E-state index contributed by atoms with van der Waals surface area (Å²) in [6.07, 6.45) is -14.7. The van der Waals surface area contributed by atoms with E-state index in [0.29, 0.717) is 9.25 Å². The normalized spacial score (nSPS) is 13.5. The first-order chi connectivity index (χ1) is 18.5. The van der Waals surface area contributed by atoms with E-state index in [1.54, 1.807) is 0 Å². The van der Waals surface area contributed by atoms with Crippen LogP contribution in [0.5, 0.6) is 0 Å². The number of nitrogens with zero attached hydrogens (tertiary/aromatic N) is 4. The lowest BCUT2D eigenvalue weighted by atomic mass is 10.0. The van der Waals surface area contributed by atoms with Crippen molar-refractivity contribution in [3.8, 4) is 11.4 Å². The van der Waals surface area contributed by atoms with Crippen LogP contribution in [0.2, 0.25) is 5.02 Å². The monoisotopic (exact) mass is 595 g/mol. The molecular formula is C23H20ClF6N5O5. The quantitative estimate of drug-likeness (QED) is 0.279. The van der Waals surface area contributed by atoms with Crippen LogP contribution in [0.15, 0.2) is 53.3 Å². The summed E-state index contributed by atoms with van der Waals surface area (Å²) in [4.78, 5) is 37.4. The summed E-state index contributed by atoms with van der Waals surface area (Å²) in [6, 6.07) is 7.86. The van der Waals surface area contributed by atoms with Gasteiger partial charge in [-0.1, -0.05) is 29.8 Å². The number of hydrogen-bond acceptors (Lipinski definition) is 5. The van der Waals surface area contributed by atoms with E-state index < -0.39 is 66.4 Å². The lowest BCUT2D eigenvalue weighted by molar-refractivity contribution is -0.207. The van der Waals surface area contributed by atoms with Gasteiger partial charge < -0.3 is 10.2 Å². The second-order valence-corrected chi connectivity index (χ2v) is 8.82. The van der Waals surface area contributed by atoms with E-state index in [0.717, 1.165) is 25.1 Å². The second kappa shape index (κ2) is 11.6. The maximum atomic E-state index is 13.4. The summed E-state index contributed by atoms with van der Waals surface area (Å²) >= 11 is 5.82. The van der Waals surface area contributed by atoms with Crippen molar-refractivity contribution in [3.63, 3.8) is 0 Å². The maximum absolute atomic E-state index is 13.4. The van der Waals surface area contributed by atoms with E-state index >= 15 is 0 Å². The lowest BCUT2D eigenvalue weighted by Crippen LogP contribution is -2.49. The van der Waals surface area contributed by atoms with Crippen molar-refractivity contribution < 1.29 is 46.1 Å². The molecule has 2 amide bonds. The molecule has 3 N–H and O–H groups in total. The van der Waals surface area contributed by atoms with Crippen LogP contribution < -0.4 is 11.1 Å². The molecule has 0 radical (unpaired) electrons. The van der Waals surface area contributed by atoms with Crippen LogP contribution in [0.3, 0.4) is 0 Å². The van der Waals surface area contributed by atoms with Crippen LogP contribution in [-0.4, -0.2) is 53.9 Å². The van der Waals surface area contributed by atoms with Crippen molar-refractivity contribution in [2.45, 2.75) is 44.5 Å². The molecule has 17 heteroatoms. The number of alkyl halides is 6. The van der Waals surface area contributed by atoms with Crippen LogP contribution in [0, 0.1) is 0 Å². The average Bonchev–Trinajstić information content (AvgIpc) is 3.16. The molecule has 216 valence electrons. The second-order valence-electron chi connectivity index (χ2n) is 8.39. The highest BCUT2D eigenvalue weighted by Gasteiger charge is 2.40. The van der Waals surface area contributed by atoms with Crippen molar-refractivity contribution in [3.05, 3.63) is 75.2 Å². The van der Waals surface area contributed by atoms with E-state index in [9.17, 15) is 50.9 Å². The molecule has 1 aromatic heterocycles. The van der Waals surface area contributed by atoms with Crippen LogP contribution in [0.25, 0.3) is 11.4 Å². The maximum Gasteiger partial charge on any atom is 0.426 e. The Balaban J connectivity index is 1.93. The van der Waals surface area contributed by atoms with Gasteiger partial charge in [0.1, 0.15) is 6.54 Å². The van der Waals surface area contributed by atoms with Gasteiger partial charge in [0.2, 0.25) is 0 Å². The fourth-order valence-corrected chi connectivity index (χ4v) is 3.80. The van der Waals surface area contributed by atoms with Crippen LogP contribution in [0.1, 0.15) is 24.1 Å². The molecule has 2 atom stereocenters. The van der Waals surface area contributed by atoms with Crippen molar-refractivity contribution in [1.82, 2.24) is 24.8 Å². The first-order valence-electron chi connectivity index (χ1n) is 11.2. The van der Waals surface area contributed by atoms with Gasteiger partial charge in [0.05, 0.1) is 18.2 Å². The molecule has 2 aromatic carbocycles. The summed E-state index contributed by atoms with van der Waals surface area (Å²) in [7, 11) is 0. The number of halogens is 7. The highest BCUT2D eigenvalue weighted by Crippen LogP contribution is 2.35. The molecular weight excluding hydrogens is 576 g/mol. The summed E-state index contributed by atoms with van der Waals surface area (Å²) in [5.41, 5.74) is -0.910. The third-order valence-electron chi connectivity index (χ3n) is 5.61. The fourth-order valence-electron chi connectivity index (χ4n) is 3.67. The van der Waals surface area contributed by atoms with Crippen molar-refractivity contribution in [2.24, 2.45) is 0 Å². The van der Waals surface area contributed by atoms with Gasteiger partial charge in [-0.05, 0) is 42.8 Å². The topological polar surface area (TPSA) is 130 Å². The highest BCUT2D eigenvalue weighted by molar-refractivity contribution is 6.30. The number of rotatable bonds is 7. The zero-order valence-electron chi connectivity index (χ0n) is 20.2. The number of hydrazine groups is 1. The van der Waals surface area contributed by atoms with E-state index in [2.05, 4.69) is 5.10 Å². The lowest BCUT2D eigenvalue weighted by Gasteiger charge is -2.28. The standard InChI is InChI=1S/C23H20ClF6N5O5/c1-12(15-4-2-3-5-16(15)22(25,26)27)35(21(39)40)31-18(37)11-34-20(38)33(10-17(36)23(28,29)30)19(32-34)13-6-8-14(24)9-7-13/h2-9,12,17,36H,10-11H2,1H3,(H,31,37)(H,39,40)/t12?,17-/m0/s1. The minimum atomic E-state index is -5.10. The Morgan fingerprint density at radius 1 is 1.07 bits per heavy atom. The number of carboxylic acid groups (broad SMARTS) is 1. The summed E-state index contributed by atoms with van der Waals surface area (Å²) in [6.45, 7) is -1.24. The van der Waals surface area contributed by atoms with Crippen molar-refractivity contribution in [1.29, 1.82) is 0 Å². The number of aromatic nitrogens is 3. The minimum Gasteiger partial charge on any atom is -0.464 e. The van der Waals surface area contributed by atoms with Gasteiger partial charge in [0.15, 0.2) is 11.9 Å². The number of carbonyl (C=O) groups excluding carboxylic acids is 1. The minimum absolute atomic E-state index is 0.0968. The third-order valence-corrected chi connectivity index (χ3v) is 5.86. The number of benzene rings is 2. The predicted octanol–water partition coefficient (Wildman–Crippen LogP) is 4.08. The molecule has 0 aliphatic rings. The van der Waals surface area contributed by atoms with Gasteiger partial charge in [-0.15, -0.1) is 5.10 Å². The van der Waals surface area contributed by atoms with Gasteiger partial charge in [-0.25, -0.2) is 19.3 Å². The summed E-state index contributed by atoms with van der Waals surface area (Å²) in [5, 5.41) is 23.4. The first kappa shape index (κ1) is 30.5. The number of aliphatic hydroxyl groups excluding tert-OH is 1. The zero-order valence-corrected chi connectivity index (χ0v) is 21.0. The molecule has 0 aliphatic heterocycles. The molecule has 0 saturated carbocycles. The smallest absolute Gasteiger partial charge is 0.426 e. The zero-order chi connectivity index (χ0) is 30.0. The number of aliphatic hydroxyl groups is 1. The Bertz CT molecular complexity index is 1440. The van der Waals surface area contributed by atoms with Gasteiger partial charge in [0, 0.05) is 10.6 Å². The molecule has 0 aliphatic carbocycles. The molecule has 0 spiro atoms. The SMILES string of the molecule is CC(c1ccccc1C(F)(F)F)N(NC(=O)Cn1nc(-c2ccc(Cl)cc2)n(C[C@H](O)C(F)(F)F)c1=O)C(=O)O. The molecule has 0 saturated heterocycles.